The number of rotatable bonds is 3. The van der Waals surface area contributed by atoms with Crippen molar-refractivity contribution in [1.29, 1.82) is 0 Å². The molecule has 0 aromatic carbocycles. The van der Waals surface area contributed by atoms with Gasteiger partial charge in [-0.25, -0.2) is 4.79 Å². The van der Waals surface area contributed by atoms with E-state index in [4.69, 9.17) is 9.47 Å². The molecule has 6 nitrogen and oxygen atoms in total. The van der Waals surface area contributed by atoms with E-state index in [9.17, 15) is 9.59 Å². The zero-order valence-electron chi connectivity index (χ0n) is 8.65. The van der Waals surface area contributed by atoms with Gasteiger partial charge in [-0.15, -0.1) is 0 Å². The van der Waals surface area contributed by atoms with Crippen LogP contribution in [0, 0.1) is 0 Å². The third kappa shape index (κ3) is 4.26. The first-order chi connectivity index (χ1) is 7.24. The summed E-state index contributed by atoms with van der Waals surface area (Å²) >= 11 is 0. The number of carbonyl (C=O) groups excluding carboxylic acids is 2. The molecule has 1 atom stereocenters. The van der Waals surface area contributed by atoms with Crippen molar-refractivity contribution < 1.29 is 23.8 Å². The van der Waals surface area contributed by atoms with Gasteiger partial charge < -0.3 is 19.5 Å². The molecule has 0 bridgehead atoms. The molecule has 1 saturated heterocycles. The standard InChI is InChI=1S/C9H15NO5/c1-2-14-9(12)8(11)10-5-7-6-13-3-4-15-7/h7H,2-6H2,1H3,(H,10,11). The van der Waals surface area contributed by atoms with Crippen molar-refractivity contribution in [2.75, 3.05) is 33.0 Å². The first kappa shape index (κ1) is 11.9. The molecule has 1 amide bonds. The Morgan fingerprint density at radius 1 is 1.47 bits per heavy atom. The minimum absolute atomic E-state index is 0.183. The van der Waals surface area contributed by atoms with Crippen LogP contribution in [0.3, 0.4) is 0 Å². The van der Waals surface area contributed by atoms with Crippen LogP contribution in [0.2, 0.25) is 0 Å². The average Bonchev–Trinajstić information content (AvgIpc) is 2.27. The summed E-state index contributed by atoms with van der Waals surface area (Å²) in [6.45, 7) is 3.61. The van der Waals surface area contributed by atoms with Crippen LogP contribution in [0.5, 0.6) is 0 Å². The highest BCUT2D eigenvalue weighted by Gasteiger charge is 2.19. The van der Waals surface area contributed by atoms with Crippen LogP contribution in [-0.4, -0.2) is 51.0 Å². The second-order valence-corrected chi connectivity index (χ2v) is 3.00. The molecule has 1 fully saturated rings. The van der Waals surface area contributed by atoms with Gasteiger partial charge in [0.15, 0.2) is 0 Å². The number of amides is 1. The van der Waals surface area contributed by atoms with Crippen LogP contribution in [0.15, 0.2) is 0 Å². The molecular weight excluding hydrogens is 202 g/mol. The lowest BCUT2D eigenvalue weighted by atomic mass is 10.3. The minimum Gasteiger partial charge on any atom is -0.459 e. The highest BCUT2D eigenvalue weighted by Crippen LogP contribution is 1.98. The number of esters is 1. The normalized spacial score (nSPS) is 20.7. The fourth-order valence-electron chi connectivity index (χ4n) is 1.13. The maximum atomic E-state index is 11.1. The molecule has 1 unspecified atom stereocenters. The third-order valence-corrected chi connectivity index (χ3v) is 1.84. The number of carbonyl (C=O) groups is 2. The highest BCUT2D eigenvalue weighted by molar-refractivity contribution is 6.32. The number of hydrogen-bond donors (Lipinski definition) is 1. The van der Waals surface area contributed by atoms with Crippen LogP contribution < -0.4 is 5.32 Å². The maximum Gasteiger partial charge on any atom is 0.396 e. The van der Waals surface area contributed by atoms with Gasteiger partial charge in [0.25, 0.3) is 0 Å². The van der Waals surface area contributed by atoms with Crippen LogP contribution in [0.1, 0.15) is 6.92 Å². The zero-order chi connectivity index (χ0) is 11.1. The predicted molar refractivity (Wildman–Crippen MR) is 50.2 cm³/mol. The van der Waals surface area contributed by atoms with Gasteiger partial charge in [-0.05, 0) is 6.92 Å². The number of hydrogen-bond acceptors (Lipinski definition) is 5. The van der Waals surface area contributed by atoms with Gasteiger partial charge in [0.2, 0.25) is 0 Å². The molecule has 6 heteroatoms. The van der Waals surface area contributed by atoms with E-state index in [0.29, 0.717) is 19.8 Å². The Balaban J connectivity index is 2.17. The van der Waals surface area contributed by atoms with E-state index in [1.54, 1.807) is 6.92 Å². The van der Waals surface area contributed by atoms with E-state index in [2.05, 4.69) is 10.1 Å². The first-order valence-electron chi connectivity index (χ1n) is 4.88. The van der Waals surface area contributed by atoms with E-state index >= 15 is 0 Å². The molecule has 1 N–H and O–H groups in total. The topological polar surface area (TPSA) is 73.9 Å². The summed E-state index contributed by atoms with van der Waals surface area (Å²) in [6.07, 6.45) is -0.183. The Bertz CT molecular complexity index is 225. The highest BCUT2D eigenvalue weighted by atomic mass is 16.6. The molecule has 1 aliphatic heterocycles. The fourth-order valence-corrected chi connectivity index (χ4v) is 1.13. The summed E-state index contributed by atoms with van der Waals surface area (Å²) in [4.78, 5) is 22.0. The molecule has 1 heterocycles. The van der Waals surface area contributed by atoms with Crippen molar-refractivity contribution in [3.63, 3.8) is 0 Å². The van der Waals surface area contributed by atoms with Crippen molar-refractivity contribution in [2.45, 2.75) is 13.0 Å². The SMILES string of the molecule is CCOC(=O)C(=O)NCC1COCCO1. The quantitative estimate of drug-likeness (QED) is 0.489. The molecule has 0 radical (unpaired) electrons. The Kier molecular flexibility index (Phi) is 5.06. The molecule has 1 rings (SSSR count). The van der Waals surface area contributed by atoms with Gasteiger partial charge in [0, 0.05) is 6.54 Å². The van der Waals surface area contributed by atoms with Crippen LogP contribution >= 0.6 is 0 Å². The fraction of sp³-hybridized carbons (Fsp3) is 0.778. The van der Waals surface area contributed by atoms with Crippen molar-refractivity contribution in [1.82, 2.24) is 5.32 Å². The van der Waals surface area contributed by atoms with Crippen molar-refractivity contribution in [3.05, 3.63) is 0 Å². The van der Waals surface area contributed by atoms with Crippen LogP contribution in [-0.2, 0) is 23.8 Å². The second kappa shape index (κ2) is 6.36. The monoisotopic (exact) mass is 217 g/mol. The lowest BCUT2D eigenvalue weighted by Crippen LogP contribution is -2.42. The van der Waals surface area contributed by atoms with Gasteiger partial charge >= 0.3 is 11.9 Å². The number of nitrogens with one attached hydrogen (secondary N) is 1. The number of ether oxygens (including phenoxy) is 3. The van der Waals surface area contributed by atoms with Gasteiger partial charge in [0.1, 0.15) is 0 Å². The van der Waals surface area contributed by atoms with Gasteiger partial charge in [-0.3, -0.25) is 4.79 Å². The summed E-state index contributed by atoms with van der Waals surface area (Å²) in [6, 6.07) is 0. The van der Waals surface area contributed by atoms with E-state index in [0.717, 1.165) is 0 Å². The molecule has 86 valence electrons. The van der Waals surface area contributed by atoms with Gasteiger partial charge in [-0.1, -0.05) is 0 Å². The smallest absolute Gasteiger partial charge is 0.396 e. The molecule has 0 spiro atoms. The molecule has 1 aliphatic rings. The van der Waals surface area contributed by atoms with Crippen LogP contribution in [0.4, 0.5) is 0 Å². The lowest BCUT2D eigenvalue weighted by molar-refractivity contribution is -0.155. The molecule has 0 aromatic heterocycles. The minimum atomic E-state index is -0.866. The third-order valence-electron chi connectivity index (χ3n) is 1.84. The summed E-state index contributed by atoms with van der Waals surface area (Å²) < 4.78 is 14.9. The van der Waals surface area contributed by atoms with Gasteiger partial charge in [-0.2, -0.15) is 0 Å². The average molecular weight is 217 g/mol. The summed E-state index contributed by atoms with van der Waals surface area (Å²) in [5.41, 5.74) is 0. The van der Waals surface area contributed by atoms with Crippen molar-refractivity contribution in [2.24, 2.45) is 0 Å². The first-order valence-corrected chi connectivity index (χ1v) is 4.88. The summed E-state index contributed by atoms with van der Waals surface area (Å²) in [5.74, 6) is -1.61. The van der Waals surface area contributed by atoms with E-state index < -0.39 is 11.9 Å². The molecular formula is C9H15NO5. The summed E-state index contributed by atoms with van der Waals surface area (Å²) in [5, 5.41) is 2.42. The molecule has 15 heavy (non-hydrogen) atoms. The van der Waals surface area contributed by atoms with E-state index in [1.807, 2.05) is 0 Å². The van der Waals surface area contributed by atoms with Crippen molar-refractivity contribution in [3.8, 4) is 0 Å². The predicted octanol–water partition coefficient (Wildman–Crippen LogP) is -0.919. The molecule has 0 saturated carbocycles. The van der Waals surface area contributed by atoms with E-state index in [-0.39, 0.29) is 19.3 Å². The Morgan fingerprint density at radius 2 is 2.27 bits per heavy atom. The summed E-state index contributed by atoms with van der Waals surface area (Å²) in [7, 11) is 0. The zero-order valence-corrected chi connectivity index (χ0v) is 8.65. The maximum absolute atomic E-state index is 11.1. The largest absolute Gasteiger partial charge is 0.459 e. The van der Waals surface area contributed by atoms with Crippen molar-refractivity contribution >= 4 is 11.9 Å². The molecule has 0 aromatic rings. The second-order valence-electron chi connectivity index (χ2n) is 3.00. The Morgan fingerprint density at radius 3 is 2.87 bits per heavy atom. The van der Waals surface area contributed by atoms with Crippen LogP contribution in [0.25, 0.3) is 0 Å². The lowest BCUT2D eigenvalue weighted by Gasteiger charge is -2.22. The van der Waals surface area contributed by atoms with E-state index in [1.165, 1.54) is 0 Å². The Hall–Kier alpha value is -1.14. The Labute approximate surface area is 87.9 Å². The van der Waals surface area contributed by atoms with Gasteiger partial charge in [0.05, 0.1) is 32.5 Å². The molecule has 0 aliphatic carbocycles.